The number of para-hydroxylation sites is 1. The summed E-state index contributed by atoms with van der Waals surface area (Å²) in [5, 5.41) is 2.93. The minimum atomic E-state index is 0.0405. The van der Waals surface area contributed by atoms with Crippen molar-refractivity contribution >= 4 is 11.6 Å². The molecule has 0 aliphatic carbocycles. The van der Waals surface area contributed by atoms with Crippen molar-refractivity contribution < 1.29 is 4.79 Å². The van der Waals surface area contributed by atoms with Gasteiger partial charge in [0.15, 0.2) is 0 Å². The Labute approximate surface area is 115 Å². The van der Waals surface area contributed by atoms with Crippen LogP contribution in [0.3, 0.4) is 0 Å². The predicted molar refractivity (Wildman–Crippen MR) is 77.9 cm³/mol. The highest BCUT2D eigenvalue weighted by Gasteiger charge is 2.28. The minimum Gasteiger partial charge on any atom is -0.329 e. The SMILES string of the molecule is CC1CCCN(CC(=O)Nc2ccccc2)C1CN. The Bertz CT molecular complexity index is 407. The largest absolute Gasteiger partial charge is 0.329 e. The normalized spacial score (nSPS) is 24.1. The maximum atomic E-state index is 12.1. The van der Waals surface area contributed by atoms with Gasteiger partial charge in [-0.05, 0) is 37.4 Å². The molecule has 1 aliphatic rings. The van der Waals surface area contributed by atoms with Crippen LogP contribution in [0.15, 0.2) is 30.3 Å². The van der Waals surface area contributed by atoms with E-state index in [9.17, 15) is 4.79 Å². The lowest BCUT2D eigenvalue weighted by molar-refractivity contribution is -0.118. The maximum absolute atomic E-state index is 12.1. The van der Waals surface area contributed by atoms with E-state index in [2.05, 4.69) is 17.1 Å². The van der Waals surface area contributed by atoms with E-state index in [1.165, 1.54) is 6.42 Å². The number of nitrogens with two attached hydrogens (primary N) is 1. The summed E-state index contributed by atoms with van der Waals surface area (Å²) < 4.78 is 0. The first-order chi connectivity index (χ1) is 9.20. The van der Waals surface area contributed by atoms with Crippen LogP contribution in [-0.4, -0.2) is 36.5 Å². The second-order valence-electron chi connectivity index (χ2n) is 5.31. The molecular formula is C15H23N3O. The lowest BCUT2D eigenvalue weighted by Gasteiger charge is -2.38. The minimum absolute atomic E-state index is 0.0405. The zero-order valence-electron chi connectivity index (χ0n) is 11.5. The number of hydrogen-bond donors (Lipinski definition) is 2. The molecule has 4 nitrogen and oxygen atoms in total. The van der Waals surface area contributed by atoms with Gasteiger partial charge < -0.3 is 11.1 Å². The highest BCUT2D eigenvalue weighted by Crippen LogP contribution is 2.22. The summed E-state index contributed by atoms with van der Waals surface area (Å²) in [6.45, 7) is 4.24. The van der Waals surface area contributed by atoms with Gasteiger partial charge in [0.2, 0.25) is 5.91 Å². The molecule has 1 amide bonds. The van der Waals surface area contributed by atoms with Crippen molar-refractivity contribution in [1.82, 2.24) is 4.90 Å². The number of amides is 1. The predicted octanol–water partition coefficient (Wildman–Crippen LogP) is 1.68. The van der Waals surface area contributed by atoms with E-state index in [0.29, 0.717) is 25.0 Å². The van der Waals surface area contributed by atoms with Crippen molar-refractivity contribution in [2.75, 3.05) is 25.0 Å². The van der Waals surface area contributed by atoms with Gasteiger partial charge in [0, 0.05) is 18.3 Å². The lowest BCUT2D eigenvalue weighted by Crippen LogP contribution is -2.51. The number of carbonyl (C=O) groups excluding carboxylic acids is 1. The molecule has 0 bridgehead atoms. The van der Waals surface area contributed by atoms with E-state index in [1.54, 1.807) is 0 Å². The number of hydrogen-bond acceptors (Lipinski definition) is 3. The first-order valence-electron chi connectivity index (χ1n) is 6.99. The van der Waals surface area contributed by atoms with E-state index in [4.69, 9.17) is 5.73 Å². The molecule has 0 spiro atoms. The smallest absolute Gasteiger partial charge is 0.238 e. The van der Waals surface area contributed by atoms with Gasteiger partial charge in [-0.25, -0.2) is 0 Å². The van der Waals surface area contributed by atoms with Crippen LogP contribution in [-0.2, 0) is 4.79 Å². The van der Waals surface area contributed by atoms with E-state index >= 15 is 0 Å². The number of nitrogens with zero attached hydrogens (tertiary/aromatic N) is 1. The average Bonchev–Trinajstić information content (AvgIpc) is 2.40. The Balaban J connectivity index is 1.90. The molecule has 1 saturated heterocycles. The molecule has 1 heterocycles. The Kier molecular flexibility index (Phi) is 4.93. The first kappa shape index (κ1) is 14.0. The van der Waals surface area contributed by atoms with Gasteiger partial charge in [0.05, 0.1) is 6.54 Å². The molecule has 4 heteroatoms. The van der Waals surface area contributed by atoms with E-state index in [-0.39, 0.29) is 5.91 Å². The number of carbonyl (C=O) groups is 1. The van der Waals surface area contributed by atoms with Gasteiger partial charge in [-0.2, -0.15) is 0 Å². The van der Waals surface area contributed by atoms with Crippen molar-refractivity contribution in [3.05, 3.63) is 30.3 Å². The molecule has 2 atom stereocenters. The van der Waals surface area contributed by atoms with Crippen molar-refractivity contribution in [3.63, 3.8) is 0 Å². The quantitative estimate of drug-likeness (QED) is 0.867. The van der Waals surface area contributed by atoms with Crippen LogP contribution in [0, 0.1) is 5.92 Å². The maximum Gasteiger partial charge on any atom is 0.238 e. The second-order valence-corrected chi connectivity index (χ2v) is 5.31. The summed E-state index contributed by atoms with van der Waals surface area (Å²) in [5.41, 5.74) is 6.69. The summed E-state index contributed by atoms with van der Waals surface area (Å²) in [6.07, 6.45) is 2.36. The fraction of sp³-hybridized carbons (Fsp3) is 0.533. The molecule has 2 rings (SSSR count). The molecule has 0 saturated carbocycles. The van der Waals surface area contributed by atoms with Crippen LogP contribution in [0.5, 0.6) is 0 Å². The standard InChI is InChI=1S/C15H23N3O/c1-12-6-5-9-18(14(12)10-16)11-15(19)17-13-7-3-2-4-8-13/h2-4,7-8,12,14H,5-6,9-11,16H2,1H3,(H,17,19). The Hall–Kier alpha value is -1.39. The van der Waals surface area contributed by atoms with E-state index < -0.39 is 0 Å². The third kappa shape index (κ3) is 3.78. The van der Waals surface area contributed by atoms with Crippen LogP contribution in [0.2, 0.25) is 0 Å². The van der Waals surface area contributed by atoms with Gasteiger partial charge in [-0.15, -0.1) is 0 Å². The van der Waals surface area contributed by atoms with Gasteiger partial charge in [0.25, 0.3) is 0 Å². The first-order valence-corrected chi connectivity index (χ1v) is 6.99. The van der Waals surface area contributed by atoms with Crippen LogP contribution in [0.1, 0.15) is 19.8 Å². The van der Waals surface area contributed by atoms with E-state index in [1.807, 2.05) is 30.3 Å². The summed E-state index contributed by atoms with van der Waals surface area (Å²) in [6, 6.07) is 9.90. The lowest BCUT2D eigenvalue weighted by atomic mass is 9.91. The fourth-order valence-electron chi connectivity index (χ4n) is 2.82. The Morgan fingerprint density at radius 3 is 2.84 bits per heavy atom. The number of nitrogens with one attached hydrogen (secondary N) is 1. The van der Waals surface area contributed by atoms with Gasteiger partial charge in [-0.1, -0.05) is 25.1 Å². The van der Waals surface area contributed by atoms with Crippen molar-refractivity contribution in [2.45, 2.75) is 25.8 Å². The number of anilines is 1. The molecule has 0 radical (unpaired) electrons. The summed E-state index contributed by atoms with van der Waals surface area (Å²) >= 11 is 0. The zero-order chi connectivity index (χ0) is 13.7. The average molecular weight is 261 g/mol. The number of piperidine rings is 1. The number of rotatable bonds is 4. The third-order valence-electron chi connectivity index (χ3n) is 3.88. The Morgan fingerprint density at radius 2 is 2.16 bits per heavy atom. The Morgan fingerprint density at radius 1 is 1.42 bits per heavy atom. The highest BCUT2D eigenvalue weighted by atomic mass is 16.2. The molecule has 1 aliphatic heterocycles. The monoisotopic (exact) mass is 261 g/mol. The number of likely N-dealkylation sites (tertiary alicyclic amines) is 1. The van der Waals surface area contributed by atoms with Crippen molar-refractivity contribution in [3.8, 4) is 0 Å². The van der Waals surface area contributed by atoms with Crippen molar-refractivity contribution in [1.29, 1.82) is 0 Å². The molecule has 1 fully saturated rings. The van der Waals surface area contributed by atoms with Crippen LogP contribution in [0.4, 0.5) is 5.69 Å². The molecule has 104 valence electrons. The van der Waals surface area contributed by atoms with Crippen LogP contribution < -0.4 is 11.1 Å². The van der Waals surface area contributed by atoms with Crippen LogP contribution in [0.25, 0.3) is 0 Å². The van der Waals surface area contributed by atoms with Crippen LogP contribution >= 0.6 is 0 Å². The molecule has 0 aromatic heterocycles. The molecule has 1 aromatic rings. The fourth-order valence-corrected chi connectivity index (χ4v) is 2.82. The topological polar surface area (TPSA) is 58.4 Å². The number of benzene rings is 1. The molecule has 2 unspecified atom stereocenters. The summed E-state index contributed by atoms with van der Waals surface area (Å²) in [5.74, 6) is 0.613. The van der Waals surface area contributed by atoms with Crippen molar-refractivity contribution in [2.24, 2.45) is 11.7 Å². The third-order valence-corrected chi connectivity index (χ3v) is 3.88. The molecule has 19 heavy (non-hydrogen) atoms. The van der Waals surface area contributed by atoms with Gasteiger partial charge >= 0.3 is 0 Å². The molecule has 1 aromatic carbocycles. The zero-order valence-corrected chi connectivity index (χ0v) is 11.5. The molecule has 3 N–H and O–H groups in total. The second kappa shape index (κ2) is 6.68. The highest BCUT2D eigenvalue weighted by molar-refractivity contribution is 5.92. The van der Waals surface area contributed by atoms with Gasteiger partial charge in [0.1, 0.15) is 0 Å². The molecular weight excluding hydrogens is 238 g/mol. The summed E-state index contributed by atoms with van der Waals surface area (Å²) in [4.78, 5) is 14.3. The van der Waals surface area contributed by atoms with Gasteiger partial charge in [-0.3, -0.25) is 9.69 Å². The summed E-state index contributed by atoms with van der Waals surface area (Å²) in [7, 11) is 0. The van der Waals surface area contributed by atoms with E-state index in [0.717, 1.165) is 18.7 Å².